The maximum atomic E-state index is 13.3. The summed E-state index contributed by atoms with van der Waals surface area (Å²) in [5.41, 5.74) is 3.54. The van der Waals surface area contributed by atoms with E-state index in [0.29, 0.717) is 24.5 Å². The van der Waals surface area contributed by atoms with E-state index in [9.17, 15) is 22.8 Å². The summed E-state index contributed by atoms with van der Waals surface area (Å²) < 4.78 is 50.9. The minimum Gasteiger partial charge on any atom is -0.479 e. The lowest BCUT2D eigenvalue weighted by Gasteiger charge is -2.29. The molecule has 0 saturated carbocycles. The number of hydrogen-bond donors (Lipinski definition) is 1. The van der Waals surface area contributed by atoms with Gasteiger partial charge < -0.3 is 15.2 Å². The van der Waals surface area contributed by atoms with Crippen LogP contribution in [0.2, 0.25) is 0 Å². The number of halogens is 3. The molecule has 9 heteroatoms. The number of nitrogens with two attached hydrogens (primary N) is 1. The van der Waals surface area contributed by atoms with Gasteiger partial charge in [-0.05, 0) is 36.6 Å². The highest BCUT2D eigenvalue weighted by Crippen LogP contribution is 2.40. The third-order valence-electron chi connectivity index (χ3n) is 5.38. The maximum Gasteiger partial charge on any atom is 0.417 e. The number of alkyl halides is 3. The number of benzene rings is 2. The Morgan fingerprint density at radius 1 is 1.25 bits per heavy atom. The first-order chi connectivity index (χ1) is 15.1. The van der Waals surface area contributed by atoms with Crippen molar-refractivity contribution in [2.45, 2.75) is 50.5 Å². The Morgan fingerprint density at radius 3 is 2.59 bits per heavy atom. The number of carbonyl (C=O) groups is 2. The van der Waals surface area contributed by atoms with Crippen LogP contribution in [0.4, 0.5) is 13.2 Å². The van der Waals surface area contributed by atoms with Crippen LogP contribution in [-0.4, -0.2) is 18.0 Å². The summed E-state index contributed by atoms with van der Waals surface area (Å²) in [7, 11) is 0. The van der Waals surface area contributed by atoms with Crippen molar-refractivity contribution < 1.29 is 32.2 Å². The van der Waals surface area contributed by atoms with Crippen LogP contribution in [0, 0.1) is 11.3 Å². The molecular formula is C23H21F3N2O4. The molecule has 1 aliphatic carbocycles. The van der Waals surface area contributed by atoms with Gasteiger partial charge in [0, 0.05) is 12.0 Å². The van der Waals surface area contributed by atoms with E-state index < -0.39 is 40.9 Å². The highest BCUT2D eigenvalue weighted by molar-refractivity contribution is 5.90. The van der Waals surface area contributed by atoms with E-state index in [1.165, 1.54) is 12.1 Å². The largest absolute Gasteiger partial charge is 0.479 e. The Hall–Kier alpha value is -3.54. The zero-order valence-corrected chi connectivity index (χ0v) is 17.2. The molecule has 1 aliphatic rings. The lowest BCUT2D eigenvalue weighted by molar-refractivity contribution is -0.175. The second-order valence-corrected chi connectivity index (χ2v) is 7.48. The summed E-state index contributed by atoms with van der Waals surface area (Å²) in [6.45, 7) is 1.76. The fourth-order valence-electron chi connectivity index (χ4n) is 3.81. The van der Waals surface area contributed by atoms with Gasteiger partial charge in [0.25, 0.3) is 5.91 Å². The van der Waals surface area contributed by atoms with Gasteiger partial charge in [0.15, 0.2) is 6.10 Å². The van der Waals surface area contributed by atoms with Crippen LogP contribution in [-0.2, 0) is 32.5 Å². The smallest absolute Gasteiger partial charge is 0.417 e. The number of fused-ring (bicyclic) bond motifs is 1. The zero-order chi connectivity index (χ0) is 23.5. The van der Waals surface area contributed by atoms with Gasteiger partial charge in [-0.3, -0.25) is 4.79 Å². The SMILES string of the molecule is CCCC(Oc1ccc(C#N)c(C(F)(F)F)c1)C(=O)OC1(C(N)=O)CCc2ccccc21. The summed E-state index contributed by atoms with van der Waals surface area (Å²) in [5.74, 6) is -1.98. The lowest BCUT2D eigenvalue weighted by atomic mass is 9.94. The number of rotatable bonds is 7. The van der Waals surface area contributed by atoms with Crippen LogP contribution in [0.25, 0.3) is 0 Å². The average Bonchev–Trinajstić information content (AvgIpc) is 3.12. The highest BCUT2D eigenvalue weighted by atomic mass is 19.4. The summed E-state index contributed by atoms with van der Waals surface area (Å²) in [6, 6.07) is 11.3. The number of nitrogens with zero attached hydrogens (tertiary/aromatic N) is 1. The molecule has 0 fully saturated rings. The van der Waals surface area contributed by atoms with E-state index in [-0.39, 0.29) is 18.6 Å². The number of nitriles is 1. The van der Waals surface area contributed by atoms with Crippen molar-refractivity contribution in [3.8, 4) is 11.8 Å². The predicted molar refractivity (Wildman–Crippen MR) is 107 cm³/mol. The number of hydrogen-bond acceptors (Lipinski definition) is 5. The number of carbonyl (C=O) groups excluding carboxylic acids is 2. The van der Waals surface area contributed by atoms with Gasteiger partial charge in [0.2, 0.25) is 5.60 Å². The molecule has 2 N–H and O–H groups in total. The van der Waals surface area contributed by atoms with Crippen LogP contribution >= 0.6 is 0 Å². The van der Waals surface area contributed by atoms with Crippen molar-refractivity contribution in [3.63, 3.8) is 0 Å². The Labute approximate surface area is 182 Å². The second-order valence-electron chi connectivity index (χ2n) is 7.48. The minimum absolute atomic E-state index is 0.136. The molecule has 0 spiro atoms. The molecule has 32 heavy (non-hydrogen) atoms. The molecule has 0 heterocycles. The summed E-state index contributed by atoms with van der Waals surface area (Å²) in [5, 5.41) is 8.94. The van der Waals surface area contributed by atoms with Crippen molar-refractivity contribution in [1.29, 1.82) is 5.26 Å². The molecule has 2 aromatic carbocycles. The first kappa shape index (κ1) is 23.1. The molecule has 0 saturated heterocycles. The zero-order valence-electron chi connectivity index (χ0n) is 17.2. The average molecular weight is 446 g/mol. The number of ether oxygens (including phenoxy) is 2. The predicted octanol–water partition coefficient (Wildman–Crippen LogP) is 3.99. The van der Waals surface area contributed by atoms with Crippen molar-refractivity contribution in [2.24, 2.45) is 5.73 Å². The van der Waals surface area contributed by atoms with Gasteiger partial charge >= 0.3 is 12.1 Å². The maximum absolute atomic E-state index is 13.3. The van der Waals surface area contributed by atoms with Gasteiger partial charge in [-0.15, -0.1) is 0 Å². The number of amides is 1. The summed E-state index contributed by atoms with van der Waals surface area (Å²) in [4.78, 5) is 25.3. The van der Waals surface area contributed by atoms with E-state index in [4.69, 9.17) is 20.5 Å². The first-order valence-corrected chi connectivity index (χ1v) is 10.0. The van der Waals surface area contributed by atoms with E-state index in [1.807, 2.05) is 6.07 Å². The number of primary amides is 1. The lowest BCUT2D eigenvalue weighted by Crippen LogP contribution is -2.46. The molecule has 6 nitrogen and oxygen atoms in total. The van der Waals surface area contributed by atoms with Crippen LogP contribution < -0.4 is 10.5 Å². The van der Waals surface area contributed by atoms with E-state index in [2.05, 4.69) is 0 Å². The van der Waals surface area contributed by atoms with Gasteiger partial charge in [-0.2, -0.15) is 18.4 Å². The van der Waals surface area contributed by atoms with Gasteiger partial charge in [-0.1, -0.05) is 37.6 Å². The molecule has 2 aromatic rings. The highest BCUT2D eigenvalue weighted by Gasteiger charge is 2.48. The Bertz CT molecular complexity index is 1080. The Morgan fingerprint density at radius 2 is 1.97 bits per heavy atom. The molecule has 168 valence electrons. The summed E-state index contributed by atoms with van der Waals surface area (Å²) >= 11 is 0. The standard InChI is InChI=1S/C23H21F3N2O4/c1-2-5-19(31-16-9-8-15(13-27)18(12-16)23(24,25)26)20(29)32-22(21(28)30)11-10-14-6-3-4-7-17(14)22/h3-4,6-9,12,19H,2,5,10-11H2,1H3,(H2,28,30). The Balaban J connectivity index is 1.89. The molecule has 2 unspecified atom stereocenters. The second kappa shape index (κ2) is 8.91. The normalized spacial score (nSPS) is 18.3. The summed E-state index contributed by atoms with van der Waals surface area (Å²) in [6.07, 6.45) is -4.79. The Kier molecular flexibility index (Phi) is 6.44. The molecule has 2 atom stereocenters. The number of aryl methyl sites for hydroxylation is 1. The fraction of sp³-hybridized carbons (Fsp3) is 0.348. The third kappa shape index (κ3) is 4.40. The van der Waals surface area contributed by atoms with Crippen molar-refractivity contribution in [2.75, 3.05) is 0 Å². The van der Waals surface area contributed by atoms with Crippen LogP contribution in [0.1, 0.15) is 48.4 Å². The molecular weight excluding hydrogens is 425 g/mol. The van der Waals surface area contributed by atoms with Gasteiger partial charge in [-0.25, -0.2) is 4.79 Å². The van der Waals surface area contributed by atoms with E-state index >= 15 is 0 Å². The monoisotopic (exact) mass is 446 g/mol. The fourth-order valence-corrected chi connectivity index (χ4v) is 3.81. The topological polar surface area (TPSA) is 102 Å². The van der Waals surface area contributed by atoms with E-state index in [1.54, 1.807) is 25.1 Å². The van der Waals surface area contributed by atoms with Crippen LogP contribution in [0.5, 0.6) is 5.75 Å². The quantitative estimate of drug-likeness (QED) is 0.648. The van der Waals surface area contributed by atoms with Crippen molar-refractivity contribution in [1.82, 2.24) is 0 Å². The van der Waals surface area contributed by atoms with Crippen LogP contribution in [0.3, 0.4) is 0 Å². The molecule has 1 amide bonds. The van der Waals surface area contributed by atoms with E-state index in [0.717, 1.165) is 11.6 Å². The van der Waals surface area contributed by atoms with Crippen molar-refractivity contribution >= 4 is 11.9 Å². The van der Waals surface area contributed by atoms with Crippen molar-refractivity contribution in [3.05, 3.63) is 64.7 Å². The third-order valence-corrected chi connectivity index (χ3v) is 5.38. The first-order valence-electron chi connectivity index (χ1n) is 10.0. The molecule has 0 bridgehead atoms. The molecule has 3 rings (SSSR count). The molecule has 0 aliphatic heterocycles. The molecule has 0 aromatic heterocycles. The van der Waals surface area contributed by atoms with Crippen LogP contribution in [0.15, 0.2) is 42.5 Å². The van der Waals surface area contributed by atoms with Gasteiger partial charge in [0.05, 0.1) is 17.2 Å². The number of esters is 1. The van der Waals surface area contributed by atoms with Gasteiger partial charge in [0.1, 0.15) is 5.75 Å². The minimum atomic E-state index is -4.77. The molecule has 0 radical (unpaired) electrons.